The molecule has 142 valence electrons. The second-order valence-electron chi connectivity index (χ2n) is 7.72. The van der Waals surface area contributed by atoms with Crippen LogP contribution in [0.3, 0.4) is 0 Å². The van der Waals surface area contributed by atoms with Gasteiger partial charge >= 0.3 is 0 Å². The summed E-state index contributed by atoms with van der Waals surface area (Å²) >= 11 is 0. The Kier molecular flexibility index (Phi) is 4.82. The van der Waals surface area contributed by atoms with Gasteiger partial charge in [0.2, 0.25) is 0 Å². The van der Waals surface area contributed by atoms with Crippen LogP contribution in [-0.2, 0) is 20.0 Å². The fourth-order valence-corrected chi connectivity index (χ4v) is 3.49. The van der Waals surface area contributed by atoms with Gasteiger partial charge in [0.05, 0.1) is 24.6 Å². The number of aryl methyl sites for hydroxylation is 1. The van der Waals surface area contributed by atoms with Crippen molar-refractivity contribution in [1.29, 1.82) is 0 Å². The summed E-state index contributed by atoms with van der Waals surface area (Å²) in [6, 6.07) is 10.2. The van der Waals surface area contributed by atoms with Crippen LogP contribution in [-0.4, -0.2) is 24.9 Å². The van der Waals surface area contributed by atoms with Crippen molar-refractivity contribution >= 4 is 16.6 Å². The molecule has 0 saturated carbocycles. The number of rotatable bonds is 6. The maximum absolute atomic E-state index is 12.7. The van der Waals surface area contributed by atoms with Crippen molar-refractivity contribution in [2.75, 3.05) is 0 Å². The van der Waals surface area contributed by atoms with Crippen LogP contribution >= 0.6 is 0 Å². The highest BCUT2D eigenvalue weighted by Crippen LogP contribution is 2.24. The third-order valence-corrected chi connectivity index (χ3v) is 4.88. The highest BCUT2D eigenvalue weighted by molar-refractivity contribution is 5.97. The number of aromatic nitrogens is 4. The Hall–Kier alpha value is -3.21. The average molecular weight is 372 g/mol. The topological polar surface area (TPSA) is 52.7 Å². The van der Waals surface area contributed by atoms with Crippen molar-refractivity contribution in [3.63, 3.8) is 0 Å². The second-order valence-corrected chi connectivity index (χ2v) is 7.72. The monoisotopic (exact) mass is 372 g/mol. The zero-order chi connectivity index (χ0) is 19.7. The summed E-state index contributed by atoms with van der Waals surface area (Å²) in [6.45, 7) is 5.25. The van der Waals surface area contributed by atoms with Crippen LogP contribution in [0.15, 0.2) is 61.4 Å². The molecule has 0 fully saturated rings. The van der Waals surface area contributed by atoms with E-state index in [1.165, 1.54) is 0 Å². The maximum Gasteiger partial charge on any atom is 0.170 e. The second kappa shape index (κ2) is 7.43. The van der Waals surface area contributed by atoms with Gasteiger partial charge in [0, 0.05) is 54.4 Å². The molecular formula is C23H24N4O. The van der Waals surface area contributed by atoms with E-state index < -0.39 is 0 Å². The van der Waals surface area contributed by atoms with Crippen molar-refractivity contribution in [2.24, 2.45) is 13.0 Å². The number of hydrogen-bond donors (Lipinski definition) is 0. The number of pyridine rings is 1. The molecule has 0 aliphatic rings. The van der Waals surface area contributed by atoms with Crippen molar-refractivity contribution < 1.29 is 4.79 Å². The summed E-state index contributed by atoms with van der Waals surface area (Å²) in [7, 11) is 1.98. The van der Waals surface area contributed by atoms with Gasteiger partial charge < -0.3 is 9.13 Å². The maximum atomic E-state index is 12.7. The van der Waals surface area contributed by atoms with Crippen molar-refractivity contribution in [3.8, 4) is 11.3 Å². The molecule has 0 atom stereocenters. The Morgan fingerprint density at radius 1 is 1.11 bits per heavy atom. The van der Waals surface area contributed by atoms with Gasteiger partial charge in [0.1, 0.15) is 0 Å². The SMILES string of the molecule is CC(C)Cn1ccc(C(=O)Cc2cc3cc(-c4cncn4C)ccc3cn2)c1. The molecule has 0 aliphatic carbocycles. The molecular weight excluding hydrogens is 348 g/mol. The van der Waals surface area contributed by atoms with Crippen molar-refractivity contribution in [1.82, 2.24) is 19.1 Å². The number of carbonyl (C=O) groups is 1. The molecule has 4 aromatic rings. The Morgan fingerprint density at radius 3 is 2.71 bits per heavy atom. The van der Waals surface area contributed by atoms with E-state index in [2.05, 4.69) is 46.6 Å². The molecule has 4 rings (SSSR count). The van der Waals surface area contributed by atoms with Crippen molar-refractivity contribution in [3.05, 3.63) is 72.7 Å². The Morgan fingerprint density at radius 2 is 1.96 bits per heavy atom. The number of benzene rings is 1. The van der Waals surface area contributed by atoms with E-state index in [9.17, 15) is 4.79 Å². The molecule has 5 nitrogen and oxygen atoms in total. The third-order valence-electron chi connectivity index (χ3n) is 4.88. The smallest absolute Gasteiger partial charge is 0.170 e. The van der Waals surface area contributed by atoms with E-state index in [1.807, 2.05) is 48.5 Å². The van der Waals surface area contributed by atoms with Crippen molar-refractivity contribution in [2.45, 2.75) is 26.8 Å². The molecule has 0 saturated heterocycles. The van der Waals surface area contributed by atoms with Crippen LogP contribution < -0.4 is 0 Å². The van der Waals surface area contributed by atoms with E-state index in [-0.39, 0.29) is 5.78 Å². The van der Waals surface area contributed by atoms with Crippen LogP contribution in [0, 0.1) is 5.92 Å². The molecule has 0 bridgehead atoms. The predicted molar refractivity (Wildman–Crippen MR) is 111 cm³/mol. The lowest BCUT2D eigenvalue weighted by molar-refractivity contribution is 0.0992. The van der Waals surface area contributed by atoms with Gasteiger partial charge in [-0.15, -0.1) is 0 Å². The fourth-order valence-electron chi connectivity index (χ4n) is 3.49. The highest BCUT2D eigenvalue weighted by atomic mass is 16.1. The van der Waals surface area contributed by atoms with E-state index in [1.54, 1.807) is 6.33 Å². The molecule has 3 aromatic heterocycles. The molecule has 5 heteroatoms. The van der Waals surface area contributed by atoms with E-state index in [0.717, 1.165) is 39.8 Å². The minimum absolute atomic E-state index is 0.0946. The van der Waals surface area contributed by atoms with Gasteiger partial charge in [-0.2, -0.15) is 0 Å². The van der Waals surface area contributed by atoms with Gasteiger partial charge in [0.15, 0.2) is 5.78 Å². The summed E-state index contributed by atoms with van der Waals surface area (Å²) in [5.41, 5.74) is 3.69. The first kappa shape index (κ1) is 18.2. The van der Waals surface area contributed by atoms with Gasteiger partial charge in [-0.3, -0.25) is 9.78 Å². The van der Waals surface area contributed by atoms with Crippen LogP contribution in [0.25, 0.3) is 22.0 Å². The lowest BCUT2D eigenvalue weighted by Gasteiger charge is -2.07. The number of carbonyl (C=O) groups excluding carboxylic acids is 1. The number of ketones is 1. The highest BCUT2D eigenvalue weighted by Gasteiger charge is 2.11. The summed E-state index contributed by atoms with van der Waals surface area (Å²) in [6.07, 6.45) is 9.70. The van der Waals surface area contributed by atoms with Crippen LogP contribution in [0.5, 0.6) is 0 Å². The van der Waals surface area contributed by atoms with Crippen LogP contribution in [0.1, 0.15) is 29.9 Å². The van der Waals surface area contributed by atoms with Gasteiger partial charge in [-0.05, 0) is 29.5 Å². The third kappa shape index (κ3) is 3.74. The van der Waals surface area contributed by atoms with Crippen LogP contribution in [0.4, 0.5) is 0 Å². The Balaban J connectivity index is 1.57. The van der Waals surface area contributed by atoms with Gasteiger partial charge in [0.25, 0.3) is 0 Å². The minimum atomic E-state index is 0.0946. The molecule has 0 spiro atoms. The summed E-state index contributed by atoms with van der Waals surface area (Å²) in [4.78, 5) is 21.4. The first-order valence-corrected chi connectivity index (χ1v) is 9.54. The molecule has 0 amide bonds. The molecule has 3 heterocycles. The number of Topliss-reactive ketones (excluding diaryl/α,β-unsaturated/α-hetero) is 1. The number of hydrogen-bond acceptors (Lipinski definition) is 3. The lowest BCUT2D eigenvalue weighted by Crippen LogP contribution is -2.05. The molecule has 0 N–H and O–H groups in total. The summed E-state index contributed by atoms with van der Waals surface area (Å²) in [5.74, 6) is 0.642. The normalized spacial score (nSPS) is 11.4. The quantitative estimate of drug-likeness (QED) is 0.468. The summed E-state index contributed by atoms with van der Waals surface area (Å²) < 4.78 is 4.07. The molecule has 0 radical (unpaired) electrons. The number of nitrogens with zero attached hydrogens (tertiary/aromatic N) is 4. The zero-order valence-electron chi connectivity index (χ0n) is 16.5. The summed E-state index contributed by atoms with van der Waals surface area (Å²) in [5, 5.41) is 2.14. The average Bonchev–Trinajstić information content (AvgIpc) is 3.29. The van der Waals surface area contributed by atoms with Crippen LogP contribution in [0.2, 0.25) is 0 Å². The minimum Gasteiger partial charge on any atom is -0.353 e. The molecule has 28 heavy (non-hydrogen) atoms. The Labute approximate surface area is 164 Å². The number of imidazole rings is 1. The van der Waals surface area contributed by atoms with Gasteiger partial charge in [-0.25, -0.2) is 4.98 Å². The lowest BCUT2D eigenvalue weighted by atomic mass is 10.0. The largest absolute Gasteiger partial charge is 0.353 e. The van der Waals surface area contributed by atoms with E-state index in [0.29, 0.717) is 12.3 Å². The number of fused-ring (bicyclic) bond motifs is 1. The van der Waals surface area contributed by atoms with Gasteiger partial charge in [-0.1, -0.05) is 26.0 Å². The molecule has 0 aliphatic heterocycles. The molecule has 1 aromatic carbocycles. The van der Waals surface area contributed by atoms with E-state index >= 15 is 0 Å². The molecule has 0 unspecified atom stereocenters. The fraction of sp³-hybridized carbons (Fsp3) is 0.261. The van der Waals surface area contributed by atoms with E-state index in [4.69, 9.17) is 0 Å². The predicted octanol–water partition coefficient (Wildman–Crippen LogP) is 4.52. The first-order valence-electron chi connectivity index (χ1n) is 9.54. The Bertz CT molecular complexity index is 1140. The zero-order valence-corrected chi connectivity index (χ0v) is 16.5. The standard InChI is InChI=1S/C23H24N4O/c1-16(2)13-27-7-6-19(14-27)23(28)10-21-9-20-8-17(4-5-18(20)11-25-21)22-12-24-15-26(22)3/h4-9,11-12,14-16H,10,13H2,1-3H3. The first-order chi connectivity index (χ1) is 13.5.